The van der Waals surface area contributed by atoms with Gasteiger partial charge in [0.1, 0.15) is 46.5 Å². The van der Waals surface area contributed by atoms with Crippen LogP contribution in [0.1, 0.15) is 115 Å². The number of esters is 2. The van der Waals surface area contributed by atoms with E-state index in [2.05, 4.69) is 41.7 Å². The number of nitrogens with one attached hydrogen (secondary N) is 4. The number of hydrogen-bond donors (Lipinski definition) is 4. The lowest BCUT2D eigenvalue weighted by molar-refractivity contribution is -0.149. The van der Waals surface area contributed by atoms with Crippen LogP contribution in [0, 0.1) is 11.8 Å². The third-order valence-corrected chi connectivity index (χ3v) is 11.2. The first-order valence-electron chi connectivity index (χ1n) is 21.8. The molecular formula is C46H62N8O10S2. The highest BCUT2D eigenvalue weighted by atomic mass is 32.1. The van der Waals surface area contributed by atoms with Crippen LogP contribution in [0.15, 0.2) is 60.7 Å². The van der Waals surface area contributed by atoms with Gasteiger partial charge >= 0.3 is 24.1 Å². The highest BCUT2D eigenvalue weighted by molar-refractivity contribution is 7.15. The lowest BCUT2D eigenvalue weighted by atomic mass is 9.99. The van der Waals surface area contributed by atoms with Crippen molar-refractivity contribution in [3.63, 3.8) is 0 Å². The van der Waals surface area contributed by atoms with Crippen LogP contribution < -0.4 is 21.3 Å². The number of nitrogens with zero attached hydrogens (tertiary/aromatic N) is 4. The molecule has 0 aliphatic carbocycles. The molecule has 4 amide bonds. The monoisotopic (exact) mass is 950 g/mol. The van der Waals surface area contributed by atoms with Crippen molar-refractivity contribution in [2.24, 2.45) is 11.8 Å². The molecule has 0 saturated heterocycles. The van der Waals surface area contributed by atoms with Crippen molar-refractivity contribution in [2.75, 3.05) is 23.8 Å². The third-order valence-electron chi connectivity index (χ3n) is 9.43. The molecule has 0 saturated carbocycles. The van der Waals surface area contributed by atoms with Crippen LogP contribution in [0.4, 0.5) is 19.9 Å². The van der Waals surface area contributed by atoms with E-state index in [0.717, 1.165) is 12.8 Å². The summed E-state index contributed by atoms with van der Waals surface area (Å²) in [5.41, 5.74) is -0.271. The number of carbonyl (C=O) groups excluding carboxylic acids is 6. The largest absolute Gasteiger partial charge is 0.463 e. The molecule has 20 heteroatoms. The number of unbranched alkanes of at least 4 members (excludes halogenated alkanes) is 1. The molecule has 0 aliphatic heterocycles. The highest BCUT2D eigenvalue weighted by Crippen LogP contribution is 2.25. The van der Waals surface area contributed by atoms with E-state index >= 15 is 0 Å². The predicted octanol–water partition coefficient (Wildman–Crippen LogP) is 7.58. The van der Waals surface area contributed by atoms with Gasteiger partial charge in [-0.15, -0.1) is 20.4 Å². The molecule has 4 atom stereocenters. The van der Waals surface area contributed by atoms with Gasteiger partial charge in [0.05, 0.1) is 11.8 Å². The molecule has 2 aromatic carbocycles. The topological polar surface area (TPSA) is 239 Å². The molecule has 0 aliphatic rings. The van der Waals surface area contributed by atoms with Crippen LogP contribution in [0.5, 0.6) is 0 Å². The van der Waals surface area contributed by atoms with E-state index in [0.29, 0.717) is 44.2 Å². The van der Waals surface area contributed by atoms with E-state index in [9.17, 15) is 28.8 Å². The van der Waals surface area contributed by atoms with Crippen LogP contribution in [-0.4, -0.2) is 92.8 Å². The van der Waals surface area contributed by atoms with Gasteiger partial charge in [-0.25, -0.2) is 19.2 Å². The Morgan fingerprint density at radius 2 is 0.894 bits per heavy atom. The second-order valence-corrected chi connectivity index (χ2v) is 20.2. The fraction of sp³-hybridized carbons (Fsp3) is 0.522. The van der Waals surface area contributed by atoms with Gasteiger partial charge < -0.3 is 29.6 Å². The van der Waals surface area contributed by atoms with Crippen molar-refractivity contribution in [3.8, 4) is 0 Å². The standard InChI is InChI=1S/C46H62N8O10S2/c1-27(2)35(47-43(59)63-45(5,6)7)39(57)61-25-31(29-19-13-11-14-20-29)37(55)49-41-53-51-33(65-41)23-17-18-24-34-52-54-42(66-34)50-38(56)32(30-21-15-12-16-22-30)26-62-40(58)36(28(3)4)48-44(60)64-46(8,9)10/h11-16,19-22,27-28,31-32,35-36H,17-18,23-26H2,1-10H3,(H,47,59)(H,48,60)(H,49,53,55)(H,50,54,56)/t31?,32?,35-,36?/m0/s1. The molecule has 2 heterocycles. The molecular weight excluding hydrogens is 889 g/mol. The van der Waals surface area contributed by atoms with Crippen molar-refractivity contribution >= 4 is 68.9 Å². The minimum absolute atomic E-state index is 0.283. The lowest BCUT2D eigenvalue weighted by Gasteiger charge is -2.25. The Bertz CT molecular complexity index is 2070. The maximum absolute atomic E-state index is 13.6. The Hall–Kier alpha value is -6.02. The van der Waals surface area contributed by atoms with E-state index in [1.54, 1.807) is 118 Å². The lowest BCUT2D eigenvalue weighted by Crippen LogP contribution is -2.47. The van der Waals surface area contributed by atoms with Crippen molar-refractivity contribution in [3.05, 3.63) is 81.8 Å². The summed E-state index contributed by atoms with van der Waals surface area (Å²) < 4.78 is 21.9. The van der Waals surface area contributed by atoms with E-state index < -0.39 is 71.1 Å². The third kappa shape index (κ3) is 17.8. The average molecular weight is 951 g/mol. The van der Waals surface area contributed by atoms with E-state index in [4.69, 9.17) is 18.9 Å². The first kappa shape index (κ1) is 52.6. The fourth-order valence-corrected chi connectivity index (χ4v) is 7.71. The zero-order valence-corrected chi connectivity index (χ0v) is 40.8. The molecule has 358 valence electrons. The van der Waals surface area contributed by atoms with Gasteiger partial charge in [0.2, 0.25) is 22.1 Å². The number of anilines is 2. The van der Waals surface area contributed by atoms with E-state index in [-0.39, 0.29) is 25.0 Å². The molecule has 4 aromatic rings. The summed E-state index contributed by atoms with van der Waals surface area (Å²) in [6.45, 7) is 16.8. The Morgan fingerprint density at radius 3 is 1.21 bits per heavy atom. The van der Waals surface area contributed by atoms with Crippen LogP contribution in [0.3, 0.4) is 0 Å². The summed E-state index contributed by atoms with van der Waals surface area (Å²) in [5, 5.41) is 29.6. The number of ether oxygens (including phenoxy) is 4. The Labute approximate surface area is 393 Å². The molecule has 0 spiro atoms. The number of benzene rings is 2. The minimum atomic E-state index is -0.995. The molecule has 2 aromatic heterocycles. The Kier molecular flexibility index (Phi) is 19.5. The normalized spacial score (nSPS) is 13.5. The Morgan fingerprint density at radius 1 is 0.545 bits per heavy atom. The molecule has 3 unspecified atom stereocenters. The molecule has 18 nitrogen and oxygen atoms in total. The minimum Gasteiger partial charge on any atom is -0.463 e. The van der Waals surface area contributed by atoms with Gasteiger partial charge in [0.25, 0.3) is 0 Å². The van der Waals surface area contributed by atoms with Crippen LogP contribution in [0.2, 0.25) is 0 Å². The maximum Gasteiger partial charge on any atom is 0.408 e. The van der Waals surface area contributed by atoms with Gasteiger partial charge in [0.15, 0.2) is 0 Å². The molecule has 0 radical (unpaired) electrons. The zero-order valence-electron chi connectivity index (χ0n) is 39.2. The van der Waals surface area contributed by atoms with Crippen LogP contribution >= 0.6 is 22.7 Å². The first-order chi connectivity index (χ1) is 31.1. The number of aryl methyl sites for hydroxylation is 2. The van der Waals surface area contributed by atoms with Gasteiger partial charge in [-0.1, -0.05) is 111 Å². The summed E-state index contributed by atoms with van der Waals surface area (Å²) in [6, 6.07) is 15.8. The SMILES string of the molecule is CC(C)C(NC(=O)OC(C)(C)C)C(=O)OCC(C(=O)Nc1nnc(CCCCc2nnc(NC(=O)C(COC(=O)[C@@H](NC(=O)OC(C)(C)C)C(C)C)c3ccccc3)s2)s1)c1ccccc1. The average Bonchev–Trinajstić information content (AvgIpc) is 3.88. The molecule has 66 heavy (non-hydrogen) atoms. The van der Waals surface area contributed by atoms with E-state index in [1.165, 1.54) is 22.7 Å². The number of carbonyl (C=O) groups is 6. The van der Waals surface area contributed by atoms with Gasteiger partial charge in [-0.3, -0.25) is 20.2 Å². The summed E-state index contributed by atoms with van der Waals surface area (Å²) in [6.07, 6.45) is 1.11. The summed E-state index contributed by atoms with van der Waals surface area (Å²) in [7, 11) is 0. The molecule has 4 rings (SSSR count). The first-order valence-corrected chi connectivity index (χ1v) is 23.4. The molecule has 0 bridgehead atoms. The summed E-state index contributed by atoms with van der Waals surface area (Å²) in [5.74, 6) is -4.67. The number of aromatic nitrogens is 4. The quantitative estimate of drug-likeness (QED) is 0.0358. The second-order valence-electron chi connectivity index (χ2n) is 18.1. The second kappa shape index (κ2) is 24.5. The Balaban J connectivity index is 1.28. The number of hydrogen-bond acceptors (Lipinski definition) is 16. The fourth-order valence-electron chi connectivity index (χ4n) is 6.14. The highest BCUT2D eigenvalue weighted by Gasteiger charge is 2.33. The van der Waals surface area contributed by atoms with Crippen molar-refractivity contribution in [2.45, 2.75) is 130 Å². The number of rotatable bonds is 21. The maximum atomic E-state index is 13.6. The smallest absolute Gasteiger partial charge is 0.408 e. The number of amides is 4. The van der Waals surface area contributed by atoms with Crippen LogP contribution in [0.25, 0.3) is 0 Å². The van der Waals surface area contributed by atoms with Gasteiger partial charge in [0, 0.05) is 12.8 Å². The van der Waals surface area contributed by atoms with E-state index in [1.807, 2.05) is 12.1 Å². The summed E-state index contributed by atoms with van der Waals surface area (Å²) in [4.78, 5) is 78.4. The van der Waals surface area contributed by atoms with Gasteiger partial charge in [-0.05, 0) is 77.3 Å². The van der Waals surface area contributed by atoms with Crippen LogP contribution in [-0.2, 0) is 51.0 Å². The van der Waals surface area contributed by atoms with Crippen molar-refractivity contribution in [1.29, 1.82) is 0 Å². The molecule has 4 N–H and O–H groups in total. The van der Waals surface area contributed by atoms with Crippen molar-refractivity contribution in [1.82, 2.24) is 31.0 Å². The zero-order chi connectivity index (χ0) is 48.6. The molecule has 0 fully saturated rings. The van der Waals surface area contributed by atoms with Gasteiger partial charge in [-0.2, -0.15) is 0 Å². The summed E-state index contributed by atoms with van der Waals surface area (Å²) >= 11 is 2.47. The number of alkyl carbamates (subject to hydrolysis) is 2. The van der Waals surface area contributed by atoms with Crippen molar-refractivity contribution < 1.29 is 47.7 Å². The predicted molar refractivity (Wildman–Crippen MR) is 250 cm³/mol.